The van der Waals surface area contributed by atoms with E-state index >= 15 is 0 Å². The molecule has 96 valence electrons. The van der Waals surface area contributed by atoms with E-state index in [-0.39, 0.29) is 35.1 Å². The first-order valence-electron chi connectivity index (χ1n) is 6.66. The number of allylic oxidation sites excluding steroid dienone is 2. The van der Waals surface area contributed by atoms with Gasteiger partial charge < -0.3 is 5.11 Å². The van der Waals surface area contributed by atoms with Crippen molar-refractivity contribution in [2.75, 3.05) is 0 Å². The zero-order valence-corrected chi connectivity index (χ0v) is 10.6. The molecule has 1 fully saturated rings. The number of carbonyl (C=O) groups is 2. The van der Waals surface area contributed by atoms with Crippen LogP contribution in [0.25, 0.3) is 0 Å². The summed E-state index contributed by atoms with van der Waals surface area (Å²) in [5.74, 6) is -1.30. The molecule has 1 aromatic rings. The van der Waals surface area contributed by atoms with Crippen LogP contribution in [0.4, 0.5) is 0 Å². The maximum atomic E-state index is 12.4. The Morgan fingerprint density at radius 3 is 2.68 bits per heavy atom. The van der Waals surface area contributed by atoms with E-state index in [1.165, 1.54) is 5.56 Å². The lowest BCUT2D eigenvalue weighted by Crippen LogP contribution is -2.33. The van der Waals surface area contributed by atoms with E-state index in [0.29, 0.717) is 5.57 Å². The third-order valence-corrected chi connectivity index (χ3v) is 5.09. The summed E-state index contributed by atoms with van der Waals surface area (Å²) in [4.78, 5) is 24.6. The minimum absolute atomic E-state index is 0.0183. The first-order chi connectivity index (χ1) is 9.11. The predicted molar refractivity (Wildman–Crippen MR) is 68.7 cm³/mol. The van der Waals surface area contributed by atoms with Crippen LogP contribution in [0.1, 0.15) is 24.0 Å². The van der Waals surface area contributed by atoms with Crippen molar-refractivity contribution in [3.05, 3.63) is 46.7 Å². The molecule has 1 aromatic carbocycles. The van der Waals surface area contributed by atoms with Crippen molar-refractivity contribution >= 4 is 11.6 Å². The van der Waals surface area contributed by atoms with Crippen LogP contribution in [-0.2, 0) is 16.0 Å². The first kappa shape index (κ1) is 11.0. The summed E-state index contributed by atoms with van der Waals surface area (Å²) < 4.78 is 0. The van der Waals surface area contributed by atoms with Gasteiger partial charge in [-0.15, -0.1) is 0 Å². The zero-order valence-electron chi connectivity index (χ0n) is 10.6. The summed E-state index contributed by atoms with van der Waals surface area (Å²) in [5, 5.41) is 9.93. The lowest BCUT2D eigenvalue weighted by molar-refractivity contribution is -0.133. The number of aliphatic hydroxyl groups excluding tert-OH is 1. The van der Waals surface area contributed by atoms with Gasteiger partial charge in [-0.3, -0.25) is 9.59 Å². The molecule has 0 heterocycles. The van der Waals surface area contributed by atoms with Gasteiger partial charge in [0, 0.05) is 11.8 Å². The monoisotopic (exact) mass is 254 g/mol. The van der Waals surface area contributed by atoms with Crippen LogP contribution in [0, 0.1) is 17.8 Å². The van der Waals surface area contributed by atoms with Crippen molar-refractivity contribution in [1.29, 1.82) is 0 Å². The Balaban J connectivity index is 1.93. The summed E-state index contributed by atoms with van der Waals surface area (Å²) in [7, 11) is 0. The van der Waals surface area contributed by atoms with E-state index < -0.39 is 5.92 Å². The highest BCUT2D eigenvalue weighted by Gasteiger charge is 2.60. The van der Waals surface area contributed by atoms with Crippen molar-refractivity contribution in [1.82, 2.24) is 0 Å². The van der Waals surface area contributed by atoms with E-state index in [2.05, 4.69) is 6.07 Å². The molecule has 3 aliphatic carbocycles. The molecular weight excluding hydrogens is 240 g/mol. The Morgan fingerprint density at radius 2 is 1.89 bits per heavy atom. The Bertz CT molecular complexity index is 656. The number of aliphatic hydroxyl groups is 1. The smallest absolute Gasteiger partial charge is 0.208 e. The highest BCUT2D eigenvalue weighted by Crippen LogP contribution is 2.57. The molecule has 0 saturated heterocycles. The second kappa shape index (κ2) is 3.35. The highest BCUT2D eigenvalue weighted by molar-refractivity contribution is 6.16. The van der Waals surface area contributed by atoms with Crippen LogP contribution in [0.3, 0.4) is 0 Å². The number of fused-ring (bicyclic) bond motifs is 7. The van der Waals surface area contributed by atoms with Crippen molar-refractivity contribution in [3.63, 3.8) is 0 Å². The van der Waals surface area contributed by atoms with Gasteiger partial charge in [-0.1, -0.05) is 24.3 Å². The van der Waals surface area contributed by atoms with Crippen molar-refractivity contribution in [3.8, 4) is 0 Å². The van der Waals surface area contributed by atoms with E-state index in [9.17, 15) is 14.7 Å². The van der Waals surface area contributed by atoms with Crippen LogP contribution in [0.15, 0.2) is 35.6 Å². The van der Waals surface area contributed by atoms with Gasteiger partial charge >= 0.3 is 0 Å². The zero-order chi connectivity index (χ0) is 13.3. The molecule has 0 aliphatic heterocycles. The second-order valence-electron chi connectivity index (χ2n) is 5.85. The van der Waals surface area contributed by atoms with Crippen LogP contribution in [0.5, 0.6) is 0 Å². The molecule has 1 saturated carbocycles. The molecule has 0 radical (unpaired) electrons. The molecule has 2 bridgehead atoms. The van der Waals surface area contributed by atoms with E-state index in [1.807, 2.05) is 18.2 Å². The maximum Gasteiger partial charge on any atom is 0.208 e. The first-order valence-corrected chi connectivity index (χ1v) is 6.66. The van der Waals surface area contributed by atoms with Crippen LogP contribution >= 0.6 is 0 Å². The fraction of sp³-hybridized carbons (Fsp3) is 0.375. The Kier molecular flexibility index (Phi) is 1.93. The van der Waals surface area contributed by atoms with Crippen LogP contribution < -0.4 is 0 Å². The van der Waals surface area contributed by atoms with Crippen molar-refractivity contribution < 1.29 is 14.7 Å². The second-order valence-corrected chi connectivity index (χ2v) is 5.85. The Labute approximate surface area is 110 Å². The lowest BCUT2D eigenvalue weighted by atomic mass is 9.81. The van der Waals surface area contributed by atoms with Gasteiger partial charge in [-0.2, -0.15) is 0 Å². The quantitative estimate of drug-likeness (QED) is 0.722. The van der Waals surface area contributed by atoms with Gasteiger partial charge in [-0.05, 0) is 36.0 Å². The van der Waals surface area contributed by atoms with Gasteiger partial charge in [0.1, 0.15) is 0 Å². The molecule has 3 nitrogen and oxygen atoms in total. The van der Waals surface area contributed by atoms with E-state index in [1.54, 1.807) is 6.92 Å². The fourth-order valence-electron chi connectivity index (χ4n) is 4.31. The molecule has 0 spiro atoms. The third-order valence-electron chi connectivity index (χ3n) is 5.09. The van der Waals surface area contributed by atoms with E-state index in [0.717, 1.165) is 12.0 Å². The largest absolute Gasteiger partial charge is 0.504 e. The number of rotatable bonds is 0. The normalized spacial score (nSPS) is 35.6. The summed E-state index contributed by atoms with van der Waals surface area (Å²) >= 11 is 0. The number of Topliss-reactive ketones (excluding diaryl/α,β-unsaturated/α-hetero) is 2. The summed E-state index contributed by atoms with van der Waals surface area (Å²) in [6.07, 6.45) is 0.839. The average molecular weight is 254 g/mol. The molecule has 4 atom stereocenters. The van der Waals surface area contributed by atoms with Crippen LogP contribution in [-0.4, -0.2) is 16.7 Å². The number of ketones is 2. The number of hydrogen-bond acceptors (Lipinski definition) is 3. The van der Waals surface area contributed by atoms with Crippen molar-refractivity contribution in [2.24, 2.45) is 17.8 Å². The summed E-state index contributed by atoms with van der Waals surface area (Å²) in [6, 6.07) is 8.06. The minimum Gasteiger partial charge on any atom is -0.504 e. The molecule has 3 aliphatic rings. The molecule has 0 amide bonds. The average Bonchev–Trinajstić information content (AvgIpc) is 2.86. The Hall–Kier alpha value is -1.90. The van der Waals surface area contributed by atoms with Gasteiger partial charge in [0.15, 0.2) is 11.5 Å². The molecule has 4 rings (SSSR count). The molecule has 3 heteroatoms. The molecule has 19 heavy (non-hydrogen) atoms. The molecule has 0 unspecified atom stereocenters. The van der Waals surface area contributed by atoms with Gasteiger partial charge in [-0.25, -0.2) is 0 Å². The van der Waals surface area contributed by atoms with Crippen LogP contribution in [0.2, 0.25) is 0 Å². The maximum absolute atomic E-state index is 12.4. The Morgan fingerprint density at radius 1 is 1.16 bits per heavy atom. The fourth-order valence-corrected chi connectivity index (χ4v) is 4.31. The predicted octanol–water partition coefficient (Wildman–Crippen LogP) is 2.17. The number of carbonyl (C=O) groups excluding carboxylic acids is 2. The number of benzene rings is 1. The number of hydrogen-bond donors (Lipinski definition) is 1. The minimum atomic E-state index is -0.651. The van der Waals surface area contributed by atoms with Gasteiger partial charge in [0.2, 0.25) is 5.78 Å². The molecular formula is C16H14O3. The standard InChI is InChI=1S/C16H14O3/c1-7-11-10-6-8-4-2-3-5-9(8)12(10)13(15(11)18)16(19)14(7)17/h2-5,10-13,17H,6H2,1H3/t10-,11+,12-,13-/m1/s1. The topological polar surface area (TPSA) is 54.4 Å². The van der Waals surface area contributed by atoms with Gasteiger partial charge in [0.05, 0.1) is 5.92 Å². The molecule has 1 N–H and O–H groups in total. The highest BCUT2D eigenvalue weighted by atomic mass is 16.3. The SMILES string of the molecule is CC1=C(O)C(=O)[C@H]2C(=O)[C@@H]1[C@H]1Cc3ccccc3[C@@H]21. The van der Waals surface area contributed by atoms with Crippen molar-refractivity contribution in [2.45, 2.75) is 19.3 Å². The van der Waals surface area contributed by atoms with E-state index in [4.69, 9.17) is 0 Å². The van der Waals surface area contributed by atoms with Gasteiger partial charge in [0.25, 0.3) is 0 Å². The molecule has 0 aromatic heterocycles. The third kappa shape index (κ3) is 1.14. The summed E-state index contributed by atoms with van der Waals surface area (Å²) in [5.41, 5.74) is 2.96. The lowest BCUT2D eigenvalue weighted by Gasteiger charge is -2.21. The summed E-state index contributed by atoms with van der Waals surface area (Å²) in [6.45, 7) is 1.72.